The summed E-state index contributed by atoms with van der Waals surface area (Å²) in [5.41, 5.74) is 7.96. The number of thioether (sulfide) groups is 1. The Morgan fingerprint density at radius 1 is 1.19 bits per heavy atom. The van der Waals surface area contributed by atoms with Gasteiger partial charge < -0.3 is 17.1 Å². The highest BCUT2D eigenvalue weighted by atomic mass is 35.5. The van der Waals surface area contributed by atoms with Crippen molar-refractivity contribution in [3.8, 4) is 5.75 Å². The summed E-state index contributed by atoms with van der Waals surface area (Å²) in [5, 5.41) is 1.27. The van der Waals surface area contributed by atoms with Gasteiger partial charge in [-0.05, 0) is 41.6 Å². The van der Waals surface area contributed by atoms with E-state index in [9.17, 15) is 0 Å². The molecule has 0 bridgehead atoms. The Bertz CT molecular complexity index is 603. The molecule has 0 heterocycles. The molecule has 0 atom stereocenters. The summed E-state index contributed by atoms with van der Waals surface area (Å²) >= 11 is 7.59. The molecule has 0 aliphatic rings. The fourth-order valence-electron chi connectivity index (χ4n) is 1.61. The topological polar surface area (TPSA) is 49.2 Å². The molecule has 0 aliphatic heterocycles. The van der Waals surface area contributed by atoms with E-state index >= 15 is 0 Å². The lowest BCUT2D eigenvalue weighted by atomic mass is 10.2. The first-order chi connectivity index (χ1) is 9.69. The first-order valence-electron chi connectivity index (χ1n) is 6.09. The Labute approximate surface area is 140 Å². The molecule has 2 aromatic carbocycles. The van der Waals surface area contributed by atoms with Crippen LogP contribution in [0.5, 0.6) is 5.75 Å². The van der Waals surface area contributed by atoms with E-state index < -0.39 is 0 Å². The van der Waals surface area contributed by atoms with Crippen LogP contribution in [0.15, 0.2) is 48.5 Å². The molecule has 0 saturated carbocycles. The van der Waals surface area contributed by atoms with E-state index in [-0.39, 0.29) is 12.4 Å². The average molecular weight is 343 g/mol. The van der Waals surface area contributed by atoms with Crippen molar-refractivity contribution in [2.75, 3.05) is 7.11 Å². The number of ether oxygens (including phenoxy) is 1. The zero-order chi connectivity index (χ0) is 14.4. The van der Waals surface area contributed by atoms with Gasteiger partial charge >= 0.3 is 5.17 Å². The highest BCUT2D eigenvalue weighted by molar-refractivity contribution is 8.12. The molecule has 6 heteroatoms. The third-order valence-electron chi connectivity index (χ3n) is 2.69. The molecule has 3 N–H and O–H groups in total. The summed E-state index contributed by atoms with van der Waals surface area (Å²) < 4.78 is 5.12. The molecule has 0 amide bonds. The molecular formula is C15H16Cl2N2OS. The van der Waals surface area contributed by atoms with Crippen LogP contribution in [0.4, 0.5) is 5.69 Å². The lowest BCUT2D eigenvalue weighted by Crippen LogP contribution is -3.00. The molecule has 0 fully saturated rings. The lowest BCUT2D eigenvalue weighted by molar-refractivity contribution is -0.350. The zero-order valence-corrected chi connectivity index (χ0v) is 13.8. The minimum absolute atomic E-state index is 0. The lowest BCUT2D eigenvalue weighted by Gasteiger charge is -2.02. The second-order valence-corrected chi connectivity index (χ2v) is 5.53. The first-order valence-corrected chi connectivity index (χ1v) is 7.45. The van der Waals surface area contributed by atoms with Crippen molar-refractivity contribution in [1.29, 1.82) is 0 Å². The van der Waals surface area contributed by atoms with Crippen LogP contribution in [0.25, 0.3) is 0 Å². The van der Waals surface area contributed by atoms with Gasteiger partial charge in [0.05, 0.1) is 12.1 Å². The van der Waals surface area contributed by atoms with Crippen LogP contribution in [-0.2, 0) is 5.75 Å². The number of nitrogens with one attached hydrogen (secondary N) is 1. The highest BCUT2D eigenvalue weighted by Crippen LogP contribution is 2.17. The maximum absolute atomic E-state index is 6.06. The summed E-state index contributed by atoms with van der Waals surface area (Å²) in [4.78, 5) is 3.10. The minimum atomic E-state index is 0. The van der Waals surface area contributed by atoms with Crippen LogP contribution < -0.4 is 27.9 Å². The SMILES string of the molecule is COc1ccc(CSC(N)=[NH+]c2ccccc2Cl)cc1.[Cl-]. The number of benzene rings is 2. The molecule has 0 saturated heterocycles. The number of amidine groups is 1. The fraction of sp³-hybridized carbons (Fsp3) is 0.133. The Balaban J connectivity index is 0.00000220. The third-order valence-corrected chi connectivity index (χ3v) is 3.91. The van der Waals surface area contributed by atoms with Gasteiger partial charge in [-0.3, -0.25) is 5.73 Å². The number of methoxy groups -OCH3 is 1. The Morgan fingerprint density at radius 3 is 2.48 bits per heavy atom. The van der Waals surface area contributed by atoms with E-state index in [1.165, 1.54) is 17.3 Å². The van der Waals surface area contributed by atoms with Crippen LogP contribution in [0.3, 0.4) is 0 Å². The van der Waals surface area contributed by atoms with Crippen molar-refractivity contribution in [2.24, 2.45) is 5.73 Å². The second kappa shape index (κ2) is 8.82. The van der Waals surface area contributed by atoms with Crippen LogP contribution in [0, 0.1) is 0 Å². The highest BCUT2D eigenvalue weighted by Gasteiger charge is 2.05. The average Bonchev–Trinajstić information content (AvgIpc) is 2.48. The zero-order valence-electron chi connectivity index (χ0n) is 11.5. The molecule has 0 aromatic heterocycles. The number of hydrogen-bond acceptors (Lipinski definition) is 2. The van der Waals surface area contributed by atoms with E-state index in [0.29, 0.717) is 10.2 Å². The van der Waals surface area contributed by atoms with Gasteiger partial charge in [-0.25, -0.2) is 4.99 Å². The van der Waals surface area contributed by atoms with Crippen molar-refractivity contribution in [3.63, 3.8) is 0 Å². The van der Waals surface area contributed by atoms with Gasteiger partial charge in [0.25, 0.3) is 0 Å². The van der Waals surface area contributed by atoms with Crippen LogP contribution in [-0.4, -0.2) is 12.3 Å². The molecule has 0 unspecified atom stereocenters. The Hall–Kier alpha value is -1.36. The third kappa shape index (κ3) is 5.50. The van der Waals surface area contributed by atoms with Crippen molar-refractivity contribution < 1.29 is 22.1 Å². The molecular weight excluding hydrogens is 327 g/mol. The van der Waals surface area contributed by atoms with Gasteiger partial charge in [0, 0.05) is 5.75 Å². The predicted octanol–water partition coefficient (Wildman–Crippen LogP) is -0.687. The van der Waals surface area contributed by atoms with E-state index in [2.05, 4.69) is 4.99 Å². The number of nitrogens with two attached hydrogens (primary N) is 1. The number of halogens is 2. The van der Waals surface area contributed by atoms with Crippen molar-refractivity contribution >= 4 is 34.2 Å². The van der Waals surface area contributed by atoms with Gasteiger partial charge in [-0.1, -0.05) is 35.9 Å². The van der Waals surface area contributed by atoms with Crippen molar-refractivity contribution in [1.82, 2.24) is 0 Å². The molecule has 0 radical (unpaired) electrons. The first kappa shape index (κ1) is 17.7. The van der Waals surface area contributed by atoms with E-state index in [1.807, 2.05) is 48.5 Å². The molecule has 0 spiro atoms. The van der Waals surface area contributed by atoms with Crippen molar-refractivity contribution in [2.45, 2.75) is 5.75 Å². The smallest absolute Gasteiger partial charge is 0.307 e. The minimum Gasteiger partial charge on any atom is -1.00 e. The summed E-state index contributed by atoms with van der Waals surface area (Å²) in [5.74, 6) is 1.64. The molecule has 3 nitrogen and oxygen atoms in total. The van der Waals surface area contributed by atoms with E-state index in [4.69, 9.17) is 22.1 Å². The normalized spacial score (nSPS) is 10.9. The van der Waals surface area contributed by atoms with Gasteiger partial charge in [0.1, 0.15) is 11.4 Å². The summed E-state index contributed by atoms with van der Waals surface area (Å²) in [6.07, 6.45) is 0. The second-order valence-electron chi connectivity index (χ2n) is 4.11. The van der Waals surface area contributed by atoms with Gasteiger partial charge in [0.2, 0.25) is 0 Å². The molecule has 2 aromatic rings. The number of para-hydroxylation sites is 1. The Kier molecular flexibility index (Phi) is 7.43. The molecule has 112 valence electrons. The van der Waals surface area contributed by atoms with Gasteiger partial charge in [-0.15, -0.1) is 0 Å². The van der Waals surface area contributed by atoms with E-state index in [0.717, 1.165) is 17.2 Å². The fourth-order valence-corrected chi connectivity index (χ4v) is 2.49. The van der Waals surface area contributed by atoms with Gasteiger partial charge in [-0.2, -0.15) is 0 Å². The largest absolute Gasteiger partial charge is 1.00 e. The maximum atomic E-state index is 6.06. The van der Waals surface area contributed by atoms with E-state index in [1.54, 1.807) is 7.11 Å². The molecule has 0 aliphatic carbocycles. The van der Waals surface area contributed by atoms with Crippen LogP contribution in [0.2, 0.25) is 5.02 Å². The number of rotatable bonds is 4. The molecule has 2 rings (SSSR count). The van der Waals surface area contributed by atoms with Crippen LogP contribution in [0.1, 0.15) is 5.56 Å². The summed E-state index contributed by atoms with van der Waals surface area (Å²) in [6, 6.07) is 15.4. The monoisotopic (exact) mass is 342 g/mol. The summed E-state index contributed by atoms with van der Waals surface area (Å²) in [7, 11) is 1.66. The van der Waals surface area contributed by atoms with Crippen LogP contribution >= 0.6 is 23.4 Å². The number of hydrogen-bond donors (Lipinski definition) is 2. The van der Waals surface area contributed by atoms with Crippen molar-refractivity contribution in [3.05, 3.63) is 59.1 Å². The quantitative estimate of drug-likeness (QED) is 0.571. The Morgan fingerprint density at radius 2 is 1.86 bits per heavy atom. The maximum Gasteiger partial charge on any atom is 0.307 e. The van der Waals surface area contributed by atoms with Gasteiger partial charge in [0.15, 0.2) is 0 Å². The summed E-state index contributed by atoms with van der Waals surface area (Å²) in [6.45, 7) is 0. The molecule has 21 heavy (non-hydrogen) atoms. The standard InChI is InChI=1S/C15H15ClN2OS.ClH/c1-19-12-8-6-11(7-9-12)10-20-15(17)18-14-5-3-2-4-13(14)16;/h2-9H,10H2,1H3,(H2,17,18);1H. The predicted molar refractivity (Wildman–Crippen MR) is 85.6 cm³/mol.